The maximum Gasteiger partial charge on any atom is 0.0449 e. The van der Waals surface area contributed by atoms with Gasteiger partial charge in [-0.3, -0.25) is 0 Å². The van der Waals surface area contributed by atoms with Gasteiger partial charge in [0.05, 0.1) is 0 Å². The maximum atomic E-state index is 8.99. The van der Waals surface area contributed by atoms with Crippen molar-refractivity contribution in [2.24, 2.45) is 5.73 Å². The van der Waals surface area contributed by atoms with Crippen molar-refractivity contribution in [3.05, 3.63) is 34.4 Å². The van der Waals surface area contributed by atoms with E-state index in [4.69, 9.17) is 10.8 Å². The lowest BCUT2D eigenvalue weighted by atomic mass is 9.82. The third-order valence-corrected chi connectivity index (χ3v) is 4.41. The zero-order valence-electron chi connectivity index (χ0n) is 10.3. The molecular formula is C15H21NO. The summed E-state index contributed by atoms with van der Waals surface area (Å²) >= 11 is 0. The number of hydrogen-bond acceptors (Lipinski definition) is 2. The summed E-state index contributed by atoms with van der Waals surface area (Å²) in [6.45, 7) is 0.177. The Morgan fingerprint density at radius 1 is 1.24 bits per heavy atom. The molecule has 2 unspecified atom stereocenters. The molecule has 0 aromatic heterocycles. The third-order valence-electron chi connectivity index (χ3n) is 4.41. The molecule has 1 aromatic rings. The van der Waals surface area contributed by atoms with Crippen LogP contribution in [0.15, 0.2) is 12.1 Å². The van der Waals surface area contributed by atoms with Gasteiger partial charge in [0.25, 0.3) is 0 Å². The number of aryl methyl sites for hydroxylation is 2. The van der Waals surface area contributed by atoms with E-state index in [2.05, 4.69) is 12.1 Å². The van der Waals surface area contributed by atoms with E-state index in [9.17, 15) is 0 Å². The molecule has 2 aliphatic carbocycles. The Balaban J connectivity index is 1.99. The fourth-order valence-corrected chi connectivity index (χ4v) is 3.57. The average Bonchev–Trinajstić information content (AvgIpc) is 2.75. The van der Waals surface area contributed by atoms with Crippen LogP contribution in [0.3, 0.4) is 0 Å². The number of nitrogens with two attached hydrogens (primary N) is 1. The standard InChI is InChI=1S/C15H21NO/c16-14(6-7-17)13-8-11-3-1-2-10-4-5-12(9-13)15(10)11/h8-10,14,17H,1-7,16H2. The van der Waals surface area contributed by atoms with Gasteiger partial charge >= 0.3 is 0 Å². The predicted molar refractivity (Wildman–Crippen MR) is 69.1 cm³/mol. The second-order valence-corrected chi connectivity index (χ2v) is 5.50. The molecule has 0 saturated carbocycles. The normalized spacial score (nSPS) is 23.5. The highest BCUT2D eigenvalue weighted by Crippen LogP contribution is 2.43. The molecule has 3 rings (SSSR count). The Hall–Kier alpha value is -0.860. The molecule has 0 spiro atoms. The van der Waals surface area contributed by atoms with Crippen LogP contribution in [0, 0.1) is 0 Å². The Kier molecular flexibility index (Phi) is 2.93. The minimum absolute atomic E-state index is 0.00234. The SMILES string of the molecule is NC(CCO)c1cc2c3c(c1)CCC3CCC2. The van der Waals surface area contributed by atoms with Crippen molar-refractivity contribution < 1.29 is 5.11 Å². The van der Waals surface area contributed by atoms with Gasteiger partial charge in [0.15, 0.2) is 0 Å². The fraction of sp³-hybridized carbons (Fsp3) is 0.600. The van der Waals surface area contributed by atoms with Gasteiger partial charge in [-0.1, -0.05) is 12.1 Å². The van der Waals surface area contributed by atoms with E-state index in [-0.39, 0.29) is 12.6 Å². The van der Waals surface area contributed by atoms with Crippen LogP contribution in [-0.2, 0) is 12.8 Å². The van der Waals surface area contributed by atoms with Crippen molar-refractivity contribution in [3.8, 4) is 0 Å². The molecule has 92 valence electrons. The van der Waals surface area contributed by atoms with Crippen molar-refractivity contribution >= 4 is 0 Å². The smallest absolute Gasteiger partial charge is 0.0449 e. The Morgan fingerprint density at radius 2 is 2.00 bits per heavy atom. The minimum atomic E-state index is 0.00234. The van der Waals surface area contributed by atoms with E-state index in [0.29, 0.717) is 6.42 Å². The molecule has 0 aliphatic heterocycles. The maximum absolute atomic E-state index is 8.99. The van der Waals surface area contributed by atoms with Crippen LogP contribution in [-0.4, -0.2) is 11.7 Å². The van der Waals surface area contributed by atoms with Crippen molar-refractivity contribution in [2.45, 2.75) is 50.5 Å². The summed E-state index contributed by atoms with van der Waals surface area (Å²) in [4.78, 5) is 0. The van der Waals surface area contributed by atoms with Crippen LogP contribution in [0.5, 0.6) is 0 Å². The van der Waals surface area contributed by atoms with E-state index in [0.717, 1.165) is 5.92 Å². The molecule has 0 heterocycles. The molecule has 3 N–H and O–H groups in total. The Morgan fingerprint density at radius 3 is 2.76 bits per heavy atom. The van der Waals surface area contributed by atoms with E-state index in [1.165, 1.54) is 43.2 Å². The van der Waals surface area contributed by atoms with E-state index < -0.39 is 0 Å². The zero-order chi connectivity index (χ0) is 11.8. The van der Waals surface area contributed by atoms with Crippen LogP contribution in [0.4, 0.5) is 0 Å². The second-order valence-electron chi connectivity index (χ2n) is 5.50. The minimum Gasteiger partial charge on any atom is -0.396 e. The number of rotatable bonds is 3. The molecule has 17 heavy (non-hydrogen) atoms. The van der Waals surface area contributed by atoms with Gasteiger partial charge < -0.3 is 10.8 Å². The van der Waals surface area contributed by atoms with Gasteiger partial charge in [0, 0.05) is 12.6 Å². The molecule has 1 aromatic carbocycles. The van der Waals surface area contributed by atoms with Crippen LogP contribution in [0.1, 0.15) is 59.9 Å². The first-order valence-electron chi connectivity index (χ1n) is 6.81. The van der Waals surface area contributed by atoms with Crippen molar-refractivity contribution in [2.75, 3.05) is 6.61 Å². The van der Waals surface area contributed by atoms with Gasteiger partial charge in [-0.05, 0) is 66.7 Å². The first-order chi connectivity index (χ1) is 8.29. The molecule has 0 bridgehead atoms. The zero-order valence-corrected chi connectivity index (χ0v) is 10.3. The Bertz CT molecular complexity index is 427. The summed E-state index contributed by atoms with van der Waals surface area (Å²) in [6, 6.07) is 4.60. The number of hydrogen-bond donors (Lipinski definition) is 2. The summed E-state index contributed by atoms with van der Waals surface area (Å²) < 4.78 is 0. The van der Waals surface area contributed by atoms with E-state index in [1.54, 1.807) is 11.1 Å². The lowest BCUT2D eigenvalue weighted by Gasteiger charge is -2.23. The van der Waals surface area contributed by atoms with Crippen LogP contribution >= 0.6 is 0 Å². The van der Waals surface area contributed by atoms with Crippen LogP contribution < -0.4 is 5.73 Å². The quantitative estimate of drug-likeness (QED) is 0.839. The number of benzene rings is 1. The average molecular weight is 231 g/mol. The van der Waals surface area contributed by atoms with Gasteiger partial charge in [0.2, 0.25) is 0 Å². The van der Waals surface area contributed by atoms with Crippen molar-refractivity contribution in [1.29, 1.82) is 0 Å². The van der Waals surface area contributed by atoms with E-state index >= 15 is 0 Å². The third kappa shape index (κ3) is 1.90. The molecular weight excluding hydrogens is 210 g/mol. The molecule has 2 nitrogen and oxygen atoms in total. The van der Waals surface area contributed by atoms with Gasteiger partial charge in [-0.25, -0.2) is 0 Å². The molecule has 0 saturated heterocycles. The highest BCUT2D eigenvalue weighted by molar-refractivity contribution is 5.46. The second kappa shape index (κ2) is 4.43. The molecule has 2 heteroatoms. The first-order valence-corrected chi connectivity index (χ1v) is 6.81. The highest BCUT2D eigenvalue weighted by atomic mass is 16.3. The molecule has 0 fully saturated rings. The lowest BCUT2D eigenvalue weighted by molar-refractivity contribution is 0.276. The first kappa shape index (κ1) is 11.2. The monoisotopic (exact) mass is 231 g/mol. The summed E-state index contributed by atoms with van der Waals surface area (Å²) in [5.41, 5.74) is 12.1. The van der Waals surface area contributed by atoms with E-state index in [1.807, 2.05) is 0 Å². The predicted octanol–water partition coefficient (Wildman–Crippen LogP) is 2.43. The lowest BCUT2D eigenvalue weighted by Crippen LogP contribution is -2.14. The van der Waals surface area contributed by atoms with Gasteiger partial charge in [0.1, 0.15) is 0 Å². The number of aliphatic hydroxyl groups is 1. The topological polar surface area (TPSA) is 46.2 Å². The number of aliphatic hydroxyl groups excluding tert-OH is 1. The largest absolute Gasteiger partial charge is 0.396 e. The molecule has 2 aliphatic rings. The van der Waals surface area contributed by atoms with Crippen molar-refractivity contribution in [1.82, 2.24) is 0 Å². The summed E-state index contributed by atoms with van der Waals surface area (Å²) in [7, 11) is 0. The molecule has 0 amide bonds. The van der Waals surface area contributed by atoms with Gasteiger partial charge in [-0.2, -0.15) is 0 Å². The Labute approximate surface area is 103 Å². The highest BCUT2D eigenvalue weighted by Gasteiger charge is 2.29. The van der Waals surface area contributed by atoms with Crippen molar-refractivity contribution in [3.63, 3.8) is 0 Å². The molecule has 0 radical (unpaired) electrons. The fourth-order valence-electron chi connectivity index (χ4n) is 3.57. The van der Waals surface area contributed by atoms with Gasteiger partial charge in [-0.15, -0.1) is 0 Å². The molecule has 2 atom stereocenters. The summed E-state index contributed by atoms with van der Waals surface area (Å²) in [5.74, 6) is 0.830. The van der Waals surface area contributed by atoms with Crippen LogP contribution in [0.25, 0.3) is 0 Å². The van der Waals surface area contributed by atoms with Crippen LogP contribution in [0.2, 0.25) is 0 Å². The summed E-state index contributed by atoms with van der Waals surface area (Å²) in [5, 5.41) is 8.99. The summed E-state index contributed by atoms with van der Waals surface area (Å²) in [6.07, 6.45) is 7.16.